The first-order valence-corrected chi connectivity index (χ1v) is 5.17. The van der Waals surface area contributed by atoms with Crippen LogP contribution in [0, 0.1) is 0 Å². The van der Waals surface area contributed by atoms with E-state index in [1.165, 1.54) is 0 Å². The van der Waals surface area contributed by atoms with Gasteiger partial charge in [0, 0.05) is 7.11 Å². The second-order valence-electron chi connectivity index (χ2n) is 3.39. The summed E-state index contributed by atoms with van der Waals surface area (Å²) in [6.07, 6.45) is 0.394. The van der Waals surface area contributed by atoms with Crippen LogP contribution in [0.4, 0.5) is 0 Å². The van der Waals surface area contributed by atoms with E-state index in [2.05, 4.69) is 6.92 Å². The van der Waals surface area contributed by atoms with Crippen molar-refractivity contribution in [2.75, 3.05) is 20.3 Å². The molecule has 0 aliphatic rings. The number of benzene rings is 1. The van der Waals surface area contributed by atoms with E-state index in [1.807, 2.05) is 24.3 Å². The largest absolute Gasteiger partial charge is 0.494 e. The molecule has 0 saturated heterocycles. The summed E-state index contributed by atoms with van der Waals surface area (Å²) >= 11 is 0. The summed E-state index contributed by atoms with van der Waals surface area (Å²) in [5, 5.41) is 9.69. The van der Waals surface area contributed by atoms with E-state index < -0.39 is 6.10 Å². The van der Waals surface area contributed by atoms with Crippen LogP contribution in [0.5, 0.6) is 5.75 Å². The lowest BCUT2D eigenvalue weighted by Crippen LogP contribution is -2.05. The molecule has 0 aromatic heterocycles. The van der Waals surface area contributed by atoms with Gasteiger partial charge in [0.25, 0.3) is 0 Å². The molecule has 1 atom stereocenters. The molecule has 0 amide bonds. The molecule has 1 N–H and O–H groups in total. The highest BCUT2D eigenvalue weighted by molar-refractivity contribution is 5.29. The van der Waals surface area contributed by atoms with Gasteiger partial charge >= 0.3 is 0 Å². The molecule has 1 aromatic carbocycles. The Labute approximate surface area is 90.6 Å². The third kappa shape index (κ3) is 3.90. The van der Waals surface area contributed by atoms with Crippen LogP contribution in [0.3, 0.4) is 0 Å². The monoisotopic (exact) mass is 210 g/mol. The lowest BCUT2D eigenvalue weighted by atomic mass is 10.1. The van der Waals surface area contributed by atoms with Crippen molar-refractivity contribution in [1.29, 1.82) is 0 Å². The summed E-state index contributed by atoms with van der Waals surface area (Å²) in [4.78, 5) is 0. The van der Waals surface area contributed by atoms with Crippen molar-refractivity contribution < 1.29 is 14.6 Å². The van der Waals surface area contributed by atoms with Crippen molar-refractivity contribution in [2.45, 2.75) is 19.4 Å². The van der Waals surface area contributed by atoms with Gasteiger partial charge in [-0.2, -0.15) is 0 Å². The fourth-order valence-electron chi connectivity index (χ4n) is 1.29. The second-order valence-corrected chi connectivity index (χ2v) is 3.39. The summed E-state index contributed by atoms with van der Waals surface area (Å²) in [6.45, 7) is 3.06. The number of rotatable bonds is 6. The Morgan fingerprint density at radius 3 is 2.87 bits per heavy atom. The van der Waals surface area contributed by atoms with Gasteiger partial charge < -0.3 is 14.6 Å². The van der Waals surface area contributed by atoms with Crippen LogP contribution in [0.15, 0.2) is 24.3 Å². The fourth-order valence-corrected chi connectivity index (χ4v) is 1.29. The van der Waals surface area contributed by atoms with Crippen LogP contribution in [-0.2, 0) is 4.74 Å². The normalized spacial score (nSPS) is 12.5. The van der Waals surface area contributed by atoms with Crippen LogP contribution in [0.2, 0.25) is 0 Å². The molecule has 15 heavy (non-hydrogen) atoms. The van der Waals surface area contributed by atoms with Gasteiger partial charge in [-0.1, -0.05) is 19.1 Å². The van der Waals surface area contributed by atoms with Crippen molar-refractivity contribution in [2.24, 2.45) is 0 Å². The van der Waals surface area contributed by atoms with Gasteiger partial charge in [-0.25, -0.2) is 0 Å². The van der Waals surface area contributed by atoms with E-state index in [-0.39, 0.29) is 0 Å². The van der Waals surface area contributed by atoms with Gasteiger partial charge in [-0.15, -0.1) is 0 Å². The topological polar surface area (TPSA) is 38.7 Å². The minimum Gasteiger partial charge on any atom is -0.494 e. The zero-order chi connectivity index (χ0) is 11.1. The molecule has 0 aliphatic carbocycles. The molecule has 0 radical (unpaired) electrons. The molecular formula is C12H18O3. The summed E-state index contributed by atoms with van der Waals surface area (Å²) in [5.41, 5.74) is 0.824. The van der Waals surface area contributed by atoms with Crippen molar-refractivity contribution in [3.63, 3.8) is 0 Å². The average molecular weight is 210 g/mol. The SMILES string of the molecule is CCCOc1cccc(C(O)COC)c1. The van der Waals surface area contributed by atoms with Gasteiger partial charge in [0.05, 0.1) is 13.2 Å². The van der Waals surface area contributed by atoms with Gasteiger partial charge in [-0.05, 0) is 24.1 Å². The van der Waals surface area contributed by atoms with Crippen LogP contribution in [0.1, 0.15) is 25.0 Å². The smallest absolute Gasteiger partial charge is 0.119 e. The molecule has 0 saturated carbocycles. The van der Waals surface area contributed by atoms with Crippen molar-refractivity contribution in [1.82, 2.24) is 0 Å². The van der Waals surface area contributed by atoms with E-state index in [4.69, 9.17) is 9.47 Å². The number of hydrogen-bond donors (Lipinski definition) is 1. The van der Waals surface area contributed by atoms with Gasteiger partial charge in [0.1, 0.15) is 11.9 Å². The van der Waals surface area contributed by atoms with E-state index in [1.54, 1.807) is 7.11 Å². The predicted molar refractivity (Wildman–Crippen MR) is 59.1 cm³/mol. The summed E-state index contributed by atoms with van der Waals surface area (Å²) < 4.78 is 10.4. The quantitative estimate of drug-likeness (QED) is 0.782. The third-order valence-electron chi connectivity index (χ3n) is 2.04. The van der Waals surface area contributed by atoms with Gasteiger partial charge in [0.2, 0.25) is 0 Å². The lowest BCUT2D eigenvalue weighted by Gasteiger charge is -2.11. The maximum absolute atomic E-state index is 9.69. The van der Waals surface area contributed by atoms with Crippen LogP contribution < -0.4 is 4.74 Å². The summed E-state index contributed by atoms with van der Waals surface area (Å²) in [7, 11) is 1.57. The molecule has 3 nitrogen and oxygen atoms in total. The minimum absolute atomic E-state index is 0.303. The second kappa shape index (κ2) is 6.43. The molecule has 0 spiro atoms. The molecule has 1 aromatic rings. The molecule has 0 heterocycles. The Balaban J connectivity index is 2.64. The van der Waals surface area contributed by atoms with Crippen molar-refractivity contribution >= 4 is 0 Å². The highest BCUT2D eigenvalue weighted by Gasteiger charge is 2.07. The standard InChI is InChI=1S/C12H18O3/c1-3-7-15-11-6-4-5-10(8-11)12(13)9-14-2/h4-6,8,12-13H,3,7,9H2,1-2H3. The van der Waals surface area contributed by atoms with Crippen molar-refractivity contribution in [3.05, 3.63) is 29.8 Å². The molecular weight excluding hydrogens is 192 g/mol. The first kappa shape index (κ1) is 12.0. The first-order valence-electron chi connectivity index (χ1n) is 5.17. The molecule has 84 valence electrons. The first-order chi connectivity index (χ1) is 7.27. The molecule has 0 fully saturated rings. The third-order valence-corrected chi connectivity index (χ3v) is 2.04. The van der Waals surface area contributed by atoms with Crippen LogP contribution >= 0.6 is 0 Å². The Hall–Kier alpha value is -1.06. The van der Waals surface area contributed by atoms with E-state index >= 15 is 0 Å². The molecule has 1 unspecified atom stereocenters. The van der Waals surface area contributed by atoms with Crippen LogP contribution in [0.25, 0.3) is 0 Å². The minimum atomic E-state index is -0.583. The van der Waals surface area contributed by atoms with E-state index in [0.717, 1.165) is 17.7 Å². The number of ether oxygens (including phenoxy) is 2. The predicted octanol–water partition coefficient (Wildman–Crippen LogP) is 2.16. The average Bonchev–Trinajstić information content (AvgIpc) is 2.27. The molecule has 0 aliphatic heterocycles. The highest BCUT2D eigenvalue weighted by Crippen LogP contribution is 2.19. The maximum Gasteiger partial charge on any atom is 0.119 e. The number of methoxy groups -OCH3 is 1. The number of aliphatic hydroxyl groups is 1. The Kier molecular flexibility index (Phi) is 5.15. The van der Waals surface area contributed by atoms with Crippen molar-refractivity contribution in [3.8, 4) is 5.75 Å². The molecule has 3 heteroatoms. The van der Waals surface area contributed by atoms with E-state index in [0.29, 0.717) is 13.2 Å². The number of aliphatic hydroxyl groups excluding tert-OH is 1. The van der Waals surface area contributed by atoms with Crippen LogP contribution in [-0.4, -0.2) is 25.4 Å². The fraction of sp³-hybridized carbons (Fsp3) is 0.500. The Morgan fingerprint density at radius 2 is 2.20 bits per heavy atom. The Bertz CT molecular complexity index is 286. The highest BCUT2D eigenvalue weighted by atomic mass is 16.5. The maximum atomic E-state index is 9.69. The van der Waals surface area contributed by atoms with Gasteiger partial charge in [0.15, 0.2) is 0 Å². The molecule has 1 rings (SSSR count). The summed E-state index contributed by atoms with van der Waals surface area (Å²) in [6, 6.07) is 7.47. The zero-order valence-electron chi connectivity index (χ0n) is 9.27. The van der Waals surface area contributed by atoms with E-state index in [9.17, 15) is 5.11 Å². The van der Waals surface area contributed by atoms with Gasteiger partial charge in [-0.3, -0.25) is 0 Å². The lowest BCUT2D eigenvalue weighted by molar-refractivity contribution is 0.0642. The molecule has 0 bridgehead atoms. The summed E-state index contributed by atoms with van der Waals surface area (Å²) in [5.74, 6) is 0.796. The number of hydrogen-bond acceptors (Lipinski definition) is 3. The zero-order valence-corrected chi connectivity index (χ0v) is 9.27. The Morgan fingerprint density at radius 1 is 1.40 bits per heavy atom.